The van der Waals surface area contributed by atoms with Crippen molar-refractivity contribution in [3.05, 3.63) is 42.1 Å². The maximum Gasteiger partial charge on any atom is 0.422 e. The summed E-state index contributed by atoms with van der Waals surface area (Å²) in [5.41, 5.74) is 0.283. The monoisotopic (exact) mass is 369 g/mol. The second kappa shape index (κ2) is 7.32. The lowest BCUT2D eigenvalue weighted by Crippen LogP contribution is -2.49. The number of piperazine rings is 1. The molecule has 1 fully saturated rings. The third-order valence-electron chi connectivity index (χ3n) is 4.03. The van der Waals surface area contributed by atoms with E-state index in [2.05, 4.69) is 20.0 Å². The van der Waals surface area contributed by atoms with Crippen molar-refractivity contribution in [2.24, 2.45) is 7.05 Å². The Bertz CT molecular complexity index is 760. The zero-order chi connectivity index (χ0) is 18.7. The summed E-state index contributed by atoms with van der Waals surface area (Å²) in [5.74, 6) is 0.317. The van der Waals surface area contributed by atoms with E-state index in [1.54, 1.807) is 17.3 Å². The fourth-order valence-corrected chi connectivity index (χ4v) is 2.79. The largest absolute Gasteiger partial charge is 0.468 e. The molecular weight excluding hydrogens is 351 g/mol. The standard InChI is InChI=1S/C16H18F3N5O2/c1-23-6-5-21-14(23)12-9-20-4-7-24(12)15(25)11-2-3-13(22-8-11)26-10-16(17,18)19/h2-3,5-6,8,12,20H,4,7,9-10H2,1H3. The molecule has 0 saturated carbocycles. The van der Waals surface area contributed by atoms with E-state index in [1.165, 1.54) is 18.3 Å². The van der Waals surface area contributed by atoms with Crippen molar-refractivity contribution in [3.63, 3.8) is 0 Å². The van der Waals surface area contributed by atoms with E-state index in [0.29, 0.717) is 19.6 Å². The van der Waals surface area contributed by atoms with Gasteiger partial charge >= 0.3 is 6.18 Å². The van der Waals surface area contributed by atoms with Crippen LogP contribution in [0.5, 0.6) is 5.88 Å². The number of halogens is 3. The zero-order valence-corrected chi connectivity index (χ0v) is 14.0. The first-order chi connectivity index (χ1) is 12.3. The molecule has 0 bridgehead atoms. The normalized spacial score (nSPS) is 18.0. The van der Waals surface area contributed by atoms with Crippen LogP contribution in [0.25, 0.3) is 0 Å². The molecule has 1 aliphatic rings. The van der Waals surface area contributed by atoms with Crippen molar-refractivity contribution in [2.45, 2.75) is 12.2 Å². The number of carbonyl (C=O) groups excluding carboxylic acids is 1. The molecule has 3 rings (SSSR count). The molecule has 0 aliphatic carbocycles. The van der Waals surface area contributed by atoms with Crippen molar-refractivity contribution >= 4 is 5.91 Å². The minimum atomic E-state index is -4.44. The average Bonchev–Trinajstić information content (AvgIpc) is 3.05. The third kappa shape index (κ3) is 4.13. The molecule has 2 aromatic rings. The van der Waals surface area contributed by atoms with E-state index in [1.807, 2.05) is 11.6 Å². The summed E-state index contributed by atoms with van der Waals surface area (Å²) in [6.45, 7) is 0.276. The Kier molecular flexibility index (Phi) is 5.12. The number of rotatable bonds is 4. The van der Waals surface area contributed by atoms with Gasteiger partial charge in [0.25, 0.3) is 5.91 Å². The predicted octanol–water partition coefficient (Wildman–Crippen LogP) is 1.54. The van der Waals surface area contributed by atoms with Gasteiger partial charge in [-0.15, -0.1) is 0 Å². The molecule has 1 amide bonds. The van der Waals surface area contributed by atoms with Crippen molar-refractivity contribution in [3.8, 4) is 5.88 Å². The number of aryl methyl sites for hydroxylation is 1. The van der Waals surface area contributed by atoms with Gasteiger partial charge in [0.2, 0.25) is 5.88 Å². The Labute approximate surface area is 147 Å². The summed E-state index contributed by atoms with van der Waals surface area (Å²) < 4.78 is 42.9. The predicted molar refractivity (Wildman–Crippen MR) is 85.6 cm³/mol. The molecule has 0 spiro atoms. The number of amides is 1. The van der Waals surface area contributed by atoms with Crippen LogP contribution in [-0.2, 0) is 7.05 Å². The van der Waals surface area contributed by atoms with E-state index < -0.39 is 12.8 Å². The van der Waals surface area contributed by atoms with Crippen molar-refractivity contribution in [2.75, 3.05) is 26.2 Å². The summed E-state index contributed by atoms with van der Waals surface area (Å²) in [5, 5.41) is 3.24. The zero-order valence-electron chi connectivity index (χ0n) is 14.0. The van der Waals surface area contributed by atoms with Gasteiger partial charge in [-0.3, -0.25) is 4.79 Å². The molecule has 2 aromatic heterocycles. The molecule has 0 aromatic carbocycles. The molecule has 1 saturated heterocycles. The summed E-state index contributed by atoms with van der Waals surface area (Å²) in [7, 11) is 1.86. The molecule has 1 atom stereocenters. The maximum absolute atomic E-state index is 12.8. The molecule has 1 unspecified atom stereocenters. The van der Waals surface area contributed by atoms with Gasteiger partial charge in [0.05, 0.1) is 5.56 Å². The lowest BCUT2D eigenvalue weighted by molar-refractivity contribution is -0.154. The molecule has 3 heterocycles. The summed E-state index contributed by atoms with van der Waals surface area (Å²) in [4.78, 5) is 22.6. The number of hydrogen-bond acceptors (Lipinski definition) is 5. The molecule has 1 aliphatic heterocycles. The number of hydrogen-bond donors (Lipinski definition) is 1. The Hall–Kier alpha value is -2.62. The third-order valence-corrected chi connectivity index (χ3v) is 4.03. The van der Waals surface area contributed by atoms with Gasteiger partial charge in [-0.25, -0.2) is 9.97 Å². The van der Waals surface area contributed by atoms with E-state index >= 15 is 0 Å². The molecule has 1 N–H and O–H groups in total. The molecule has 26 heavy (non-hydrogen) atoms. The number of pyridine rings is 1. The Balaban J connectivity index is 1.74. The van der Waals surface area contributed by atoms with Crippen LogP contribution in [0.1, 0.15) is 22.2 Å². The highest BCUT2D eigenvalue weighted by Crippen LogP contribution is 2.23. The van der Waals surface area contributed by atoms with Crippen LogP contribution in [0.15, 0.2) is 30.7 Å². The number of nitrogens with one attached hydrogen (secondary N) is 1. The van der Waals surface area contributed by atoms with Crippen LogP contribution in [0.3, 0.4) is 0 Å². The topological polar surface area (TPSA) is 72.3 Å². The maximum atomic E-state index is 12.8. The van der Waals surface area contributed by atoms with Crippen LogP contribution in [0.2, 0.25) is 0 Å². The number of aromatic nitrogens is 3. The van der Waals surface area contributed by atoms with Gasteiger partial charge in [-0.05, 0) is 6.07 Å². The van der Waals surface area contributed by atoms with E-state index in [-0.39, 0.29) is 23.4 Å². The first-order valence-corrected chi connectivity index (χ1v) is 7.99. The van der Waals surface area contributed by atoms with Crippen LogP contribution < -0.4 is 10.1 Å². The van der Waals surface area contributed by atoms with E-state index in [9.17, 15) is 18.0 Å². The lowest BCUT2D eigenvalue weighted by Gasteiger charge is -2.35. The van der Waals surface area contributed by atoms with Gasteiger partial charge in [-0.2, -0.15) is 13.2 Å². The second-order valence-corrected chi connectivity index (χ2v) is 5.90. The Morgan fingerprint density at radius 3 is 2.81 bits per heavy atom. The first-order valence-electron chi connectivity index (χ1n) is 7.99. The lowest BCUT2D eigenvalue weighted by atomic mass is 10.1. The number of imidazole rings is 1. The highest BCUT2D eigenvalue weighted by molar-refractivity contribution is 5.94. The average molecular weight is 369 g/mol. The van der Waals surface area contributed by atoms with Gasteiger partial charge in [0.1, 0.15) is 11.9 Å². The van der Waals surface area contributed by atoms with Crippen LogP contribution in [-0.4, -0.2) is 57.8 Å². The summed E-state index contributed by atoms with van der Waals surface area (Å²) in [6, 6.07) is 2.44. The minimum Gasteiger partial charge on any atom is -0.468 e. The summed E-state index contributed by atoms with van der Waals surface area (Å²) in [6.07, 6.45) is 0.264. The highest BCUT2D eigenvalue weighted by Gasteiger charge is 2.31. The molecule has 10 heteroatoms. The number of nitrogens with zero attached hydrogens (tertiary/aromatic N) is 4. The molecule has 7 nitrogen and oxygen atoms in total. The quantitative estimate of drug-likeness (QED) is 0.885. The van der Waals surface area contributed by atoms with Gasteiger partial charge in [0.15, 0.2) is 6.61 Å². The van der Waals surface area contributed by atoms with E-state index in [4.69, 9.17) is 0 Å². The van der Waals surface area contributed by atoms with Crippen LogP contribution in [0.4, 0.5) is 13.2 Å². The van der Waals surface area contributed by atoms with Gasteiger partial charge in [0, 0.05) is 51.3 Å². The smallest absolute Gasteiger partial charge is 0.422 e. The minimum absolute atomic E-state index is 0.181. The Morgan fingerprint density at radius 1 is 1.38 bits per heavy atom. The number of carbonyl (C=O) groups is 1. The van der Waals surface area contributed by atoms with Crippen LogP contribution >= 0.6 is 0 Å². The van der Waals surface area contributed by atoms with Gasteiger partial charge in [-0.1, -0.05) is 0 Å². The summed E-state index contributed by atoms with van der Waals surface area (Å²) >= 11 is 0. The highest BCUT2D eigenvalue weighted by atomic mass is 19.4. The number of ether oxygens (including phenoxy) is 1. The number of alkyl halides is 3. The molecular formula is C16H18F3N5O2. The SMILES string of the molecule is Cn1ccnc1C1CNCCN1C(=O)c1ccc(OCC(F)(F)F)nc1. The molecule has 140 valence electrons. The van der Waals surface area contributed by atoms with Crippen molar-refractivity contribution < 1.29 is 22.7 Å². The Morgan fingerprint density at radius 2 is 2.19 bits per heavy atom. The van der Waals surface area contributed by atoms with Crippen molar-refractivity contribution in [1.82, 2.24) is 24.8 Å². The fraction of sp³-hybridized carbons (Fsp3) is 0.438. The van der Waals surface area contributed by atoms with Gasteiger partial charge < -0.3 is 19.5 Å². The fourth-order valence-electron chi connectivity index (χ4n) is 2.79. The van der Waals surface area contributed by atoms with Crippen LogP contribution in [0, 0.1) is 0 Å². The molecule has 0 radical (unpaired) electrons. The second-order valence-electron chi connectivity index (χ2n) is 5.90. The first kappa shape index (κ1) is 18.2. The van der Waals surface area contributed by atoms with E-state index in [0.717, 1.165) is 5.82 Å². The van der Waals surface area contributed by atoms with Crippen molar-refractivity contribution in [1.29, 1.82) is 0 Å².